The summed E-state index contributed by atoms with van der Waals surface area (Å²) in [4.78, 5) is 0. The molecule has 2 aromatic carbocycles. The zero-order valence-corrected chi connectivity index (χ0v) is 8.62. The molecule has 1 radical (unpaired) electrons. The lowest BCUT2D eigenvalue weighted by atomic mass is 10.2. The second-order valence-corrected chi connectivity index (χ2v) is 3.52. The quantitative estimate of drug-likeness (QED) is 0.808. The van der Waals surface area contributed by atoms with Gasteiger partial charge in [-0.15, -0.1) is 0 Å². The molecular weight excluding hydrogens is 210 g/mol. The number of anilines is 2. The van der Waals surface area contributed by atoms with Crippen LogP contribution in [0.3, 0.4) is 0 Å². The minimum atomic E-state index is 0.119. The molecule has 2 aromatic rings. The molecule has 0 unspecified atom stereocenters. The highest BCUT2D eigenvalue weighted by Gasteiger charge is 1.96. The van der Waals surface area contributed by atoms with Gasteiger partial charge in [-0.2, -0.15) is 0 Å². The van der Waals surface area contributed by atoms with E-state index in [1.165, 1.54) is 0 Å². The molecule has 0 spiro atoms. The first-order valence-corrected chi connectivity index (χ1v) is 4.86. The number of nitrogens with one attached hydrogen (secondary N) is 1. The van der Waals surface area contributed by atoms with Crippen LogP contribution in [0.25, 0.3) is 0 Å². The van der Waals surface area contributed by atoms with Crippen LogP contribution < -0.4 is 5.32 Å². The number of aromatic hydroxyl groups is 1. The van der Waals surface area contributed by atoms with E-state index in [4.69, 9.17) is 11.6 Å². The molecule has 0 aliphatic carbocycles. The molecular formula is C12H9ClNO. The van der Waals surface area contributed by atoms with Crippen LogP contribution in [0.1, 0.15) is 0 Å². The molecule has 75 valence electrons. The van der Waals surface area contributed by atoms with Gasteiger partial charge < -0.3 is 10.4 Å². The highest BCUT2D eigenvalue weighted by atomic mass is 35.5. The van der Waals surface area contributed by atoms with Crippen molar-refractivity contribution in [1.82, 2.24) is 0 Å². The molecule has 3 heteroatoms. The molecule has 2 nitrogen and oxygen atoms in total. The number of rotatable bonds is 2. The van der Waals surface area contributed by atoms with E-state index in [1.807, 2.05) is 18.2 Å². The summed E-state index contributed by atoms with van der Waals surface area (Å²) in [7, 11) is 0. The van der Waals surface area contributed by atoms with E-state index in [0.717, 1.165) is 11.4 Å². The third kappa shape index (κ3) is 2.64. The van der Waals surface area contributed by atoms with Gasteiger partial charge in [0.15, 0.2) is 0 Å². The highest BCUT2D eigenvalue weighted by Crippen LogP contribution is 2.20. The Balaban J connectivity index is 2.18. The molecule has 15 heavy (non-hydrogen) atoms. The van der Waals surface area contributed by atoms with Crippen molar-refractivity contribution in [3.63, 3.8) is 0 Å². The fourth-order valence-electron chi connectivity index (χ4n) is 1.22. The van der Waals surface area contributed by atoms with Crippen molar-refractivity contribution >= 4 is 23.0 Å². The number of phenolic OH excluding ortho intramolecular Hbond substituents is 1. The van der Waals surface area contributed by atoms with Crippen molar-refractivity contribution in [2.24, 2.45) is 0 Å². The summed E-state index contributed by atoms with van der Waals surface area (Å²) in [6.45, 7) is 0. The van der Waals surface area contributed by atoms with Gasteiger partial charge in [0.25, 0.3) is 0 Å². The van der Waals surface area contributed by atoms with Crippen molar-refractivity contribution in [2.75, 3.05) is 5.32 Å². The number of hydrogen-bond donors (Lipinski definition) is 2. The van der Waals surface area contributed by atoms with Crippen molar-refractivity contribution < 1.29 is 5.11 Å². The summed E-state index contributed by atoms with van der Waals surface area (Å²) < 4.78 is 0. The molecule has 0 aliphatic heterocycles. The summed E-state index contributed by atoms with van der Waals surface area (Å²) in [6, 6.07) is 15.3. The largest absolute Gasteiger partial charge is 0.507 e. The molecule has 0 bridgehead atoms. The van der Waals surface area contributed by atoms with Crippen molar-refractivity contribution in [3.8, 4) is 5.75 Å². The van der Waals surface area contributed by atoms with E-state index in [2.05, 4.69) is 11.4 Å². The molecule has 0 aliphatic rings. The first-order chi connectivity index (χ1) is 7.24. The second kappa shape index (κ2) is 4.24. The van der Waals surface area contributed by atoms with Crippen LogP contribution in [0.5, 0.6) is 5.75 Å². The molecule has 0 heterocycles. The zero-order chi connectivity index (χ0) is 10.7. The van der Waals surface area contributed by atoms with Crippen LogP contribution >= 0.6 is 11.6 Å². The van der Waals surface area contributed by atoms with E-state index in [0.29, 0.717) is 5.02 Å². The summed E-state index contributed by atoms with van der Waals surface area (Å²) in [5.41, 5.74) is 1.62. The van der Waals surface area contributed by atoms with Gasteiger partial charge in [-0.3, -0.25) is 0 Å². The lowest BCUT2D eigenvalue weighted by Gasteiger charge is -2.05. The van der Waals surface area contributed by atoms with Gasteiger partial charge in [0.1, 0.15) is 5.75 Å². The number of phenols is 1. The summed E-state index contributed by atoms with van der Waals surface area (Å²) in [5, 5.41) is 13.0. The number of hydrogen-bond acceptors (Lipinski definition) is 2. The normalized spacial score (nSPS) is 9.93. The Kier molecular flexibility index (Phi) is 2.79. The predicted octanol–water partition coefficient (Wildman–Crippen LogP) is 3.59. The Labute approximate surface area is 93.1 Å². The topological polar surface area (TPSA) is 32.3 Å². The number of halogens is 1. The summed E-state index contributed by atoms with van der Waals surface area (Å²) in [6.07, 6.45) is 0. The molecule has 2 rings (SSSR count). The third-order valence-electron chi connectivity index (χ3n) is 1.90. The average Bonchev–Trinajstić information content (AvgIpc) is 2.22. The van der Waals surface area contributed by atoms with Gasteiger partial charge >= 0.3 is 0 Å². The zero-order valence-electron chi connectivity index (χ0n) is 7.87. The first-order valence-electron chi connectivity index (χ1n) is 4.48. The van der Waals surface area contributed by atoms with Gasteiger partial charge in [-0.1, -0.05) is 17.7 Å². The van der Waals surface area contributed by atoms with Crippen LogP contribution in [-0.2, 0) is 0 Å². The maximum atomic E-state index is 9.22. The predicted molar refractivity (Wildman–Crippen MR) is 61.7 cm³/mol. The van der Waals surface area contributed by atoms with Gasteiger partial charge in [-0.05, 0) is 36.4 Å². The smallest absolute Gasteiger partial charge is 0.125 e. The van der Waals surface area contributed by atoms with E-state index in [9.17, 15) is 5.11 Å². The molecule has 0 amide bonds. The minimum absolute atomic E-state index is 0.119. The van der Waals surface area contributed by atoms with E-state index in [1.54, 1.807) is 24.3 Å². The lowest BCUT2D eigenvalue weighted by Crippen LogP contribution is -1.89. The van der Waals surface area contributed by atoms with Crippen molar-refractivity contribution in [2.45, 2.75) is 0 Å². The summed E-state index contributed by atoms with van der Waals surface area (Å²) >= 11 is 5.76. The summed E-state index contributed by atoms with van der Waals surface area (Å²) in [5.74, 6) is 0.119. The van der Waals surface area contributed by atoms with Gasteiger partial charge in [0.05, 0.1) is 11.8 Å². The fraction of sp³-hybridized carbons (Fsp3) is 0. The van der Waals surface area contributed by atoms with E-state index >= 15 is 0 Å². The molecule has 0 saturated carbocycles. The number of benzene rings is 2. The van der Waals surface area contributed by atoms with Crippen molar-refractivity contribution in [1.29, 1.82) is 0 Å². The Morgan fingerprint density at radius 1 is 1.07 bits per heavy atom. The molecule has 0 atom stereocenters. The van der Waals surface area contributed by atoms with Crippen LogP contribution in [0.4, 0.5) is 11.4 Å². The third-order valence-corrected chi connectivity index (χ3v) is 2.15. The van der Waals surface area contributed by atoms with Crippen LogP contribution in [0.15, 0.2) is 42.5 Å². The monoisotopic (exact) mass is 218 g/mol. The minimum Gasteiger partial charge on any atom is -0.507 e. The fourth-order valence-corrected chi connectivity index (χ4v) is 1.34. The lowest BCUT2D eigenvalue weighted by molar-refractivity contribution is 0.474. The average molecular weight is 219 g/mol. The Bertz CT molecular complexity index is 453. The highest BCUT2D eigenvalue weighted by molar-refractivity contribution is 6.30. The van der Waals surface area contributed by atoms with Gasteiger partial charge in [-0.25, -0.2) is 0 Å². The standard InChI is InChI=1S/C12H9ClNO/c13-9-4-6-10(7-5-9)14-11-2-1-3-12(15)8-11/h1-7,14-15H. The van der Waals surface area contributed by atoms with Crippen LogP contribution in [0, 0.1) is 6.07 Å². The van der Waals surface area contributed by atoms with Crippen LogP contribution in [-0.4, -0.2) is 5.11 Å². The van der Waals surface area contributed by atoms with E-state index < -0.39 is 0 Å². The molecule has 0 aromatic heterocycles. The molecule has 2 N–H and O–H groups in total. The van der Waals surface area contributed by atoms with E-state index in [-0.39, 0.29) is 5.75 Å². The SMILES string of the molecule is Oc1[c]c(Nc2ccc(Cl)cc2)ccc1. The molecule has 0 fully saturated rings. The Morgan fingerprint density at radius 2 is 1.80 bits per heavy atom. The maximum Gasteiger partial charge on any atom is 0.125 e. The Hall–Kier alpha value is -1.67. The first kappa shape index (κ1) is 9.87. The van der Waals surface area contributed by atoms with Crippen molar-refractivity contribution in [3.05, 3.63) is 53.6 Å². The Morgan fingerprint density at radius 3 is 2.47 bits per heavy atom. The molecule has 0 saturated heterocycles. The van der Waals surface area contributed by atoms with Crippen LogP contribution in [0.2, 0.25) is 5.02 Å². The van der Waals surface area contributed by atoms with Gasteiger partial charge in [0, 0.05) is 10.7 Å². The maximum absolute atomic E-state index is 9.22. The second-order valence-electron chi connectivity index (χ2n) is 3.08. The van der Waals surface area contributed by atoms with Gasteiger partial charge in [0.2, 0.25) is 0 Å².